The van der Waals surface area contributed by atoms with Crippen LogP contribution in [0.4, 0.5) is 0 Å². The van der Waals surface area contributed by atoms with E-state index in [4.69, 9.17) is 14.2 Å². The number of carbonyl (C=O) groups excluding carboxylic acids is 3. The number of allylic oxidation sites excluding steroid dienone is 8. The molecule has 354 valence electrons. The third-order valence-corrected chi connectivity index (χ3v) is 11.3. The van der Waals surface area contributed by atoms with E-state index in [2.05, 4.69) is 38.2 Å². The number of ether oxygens (including phenoxy) is 3. The summed E-state index contributed by atoms with van der Waals surface area (Å²) in [5.41, 5.74) is 0. The van der Waals surface area contributed by atoms with E-state index >= 15 is 0 Å². The van der Waals surface area contributed by atoms with Gasteiger partial charge < -0.3 is 28.6 Å². The van der Waals surface area contributed by atoms with Crippen molar-refractivity contribution in [1.29, 1.82) is 0 Å². The summed E-state index contributed by atoms with van der Waals surface area (Å²) in [7, 11) is 5.40. The van der Waals surface area contributed by atoms with Crippen molar-refractivity contribution in [2.75, 3.05) is 41.0 Å². The van der Waals surface area contributed by atoms with Crippen LogP contribution in [0.3, 0.4) is 0 Å². The van der Waals surface area contributed by atoms with Crippen LogP contribution in [-0.4, -0.2) is 75.5 Å². The number of esters is 2. The molecular weight excluding hydrogens is 763 g/mol. The summed E-state index contributed by atoms with van der Waals surface area (Å²) < 4.78 is 17.2. The van der Waals surface area contributed by atoms with Crippen LogP contribution in [0.5, 0.6) is 0 Å². The maximum atomic E-state index is 12.7. The van der Waals surface area contributed by atoms with Gasteiger partial charge in [0.1, 0.15) is 12.6 Å². The molecule has 8 heteroatoms. The predicted octanol–water partition coefficient (Wildman–Crippen LogP) is 13.0. The van der Waals surface area contributed by atoms with Crippen molar-refractivity contribution >= 4 is 17.9 Å². The lowest BCUT2D eigenvalue weighted by molar-refractivity contribution is -0.889. The van der Waals surface area contributed by atoms with Gasteiger partial charge in [-0.05, 0) is 32.1 Å². The van der Waals surface area contributed by atoms with Crippen LogP contribution in [0.1, 0.15) is 219 Å². The number of quaternary nitrogens is 1. The monoisotopic (exact) mass is 858 g/mol. The van der Waals surface area contributed by atoms with E-state index < -0.39 is 18.1 Å². The standard InChI is InChI=1S/C53H95NO7/c1-6-8-10-12-14-16-18-20-22-23-24-25-26-27-28-30-31-33-35-37-39-41-43-51(55)60-48-49(47-59-46-45-50(53(57)58)54(3,4)5)61-52(56)44-42-40-38-36-34-32-29-21-19-17-15-13-11-9-7-2/h9,11,13,15,17,19,21,29,49-50H,6-8,10,12,14,16,18,20,22-28,30-48H2,1-5H3/b11-9+,15-13+,19-17+,29-21+. The van der Waals surface area contributed by atoms with Crippen molar-refractivity contribution in [3.63, 3.8) is 0 Å². The molecule has 0 saturated carbocycles. The summed E-state index contributed by atoms with van der Waals surface area (Å²) in [6.45, 7) is 4.52. The molecule has 2 unspecified atom stereocenters. The van der Waals surface area contributed by atoms with Crippen molar-refractivity contribution in [2.24, 2.45) is 0 Å². The van der Waals surface area contributed by atoms with Crippen molar-refractivity contribution in [1.82, 2.24) is 0 Å². The maximum Gasteiger partial charge on any atom is 0.306 e. The van der Waals surface area contributed by atoms with Crippen molar-refractivity contribution in [3.05, 3.63) is 48.6 Å². The zero-order valence-corrected chi connectivity index (χ0v) is 40.3. The van der Waals surface area contributed by atoms with E-state index in [-0.39, 0.29) is 42.7 Å². The highest BCUT2D eigenvalue weighted by molar-refractivity contribution is 5.70. The van der Waals surface area contributed by atoms with Crippen LogP contribution in [0.25, 0.3) is 0 Å². The minimum atomic E-state index is -1.13. The Labute approximate surface area is 376 Å². The average Bonchev–Trinajstić information content (AvgIpc) is 3.22. The van der Waals surface area contributed by atoms with Gasteiger partial charge in [0.2, 0.25) is 0 Å². The molecule has 8 nitrogen and oxygen atoms in total. The molecule has 2 atom stereocenters. The van der Waals surface area contributed by atoms with Crippen LogP contribution in [0.15, 0.2) is 48.6 Å². The Hall–Kier alpha value is -2.71. The van der Waals surface area contributed by atoms with Gasteiger partial charge in [0.15, 0.2) is 6.10 Å². The van der Waals surface area contributed by atoms with Gasteiger partial charge in [-0.1, -0.05) is 217 Å². The van der Waals surface area contributed by atoms with E-state index in [0.29, 0.717) is 12.8 Å². The second kappa shape index (κ2) is 43.9. The Morgan fingerprint density at radius 2 is 0.918 bits per heavy atom. The predicted molar refractivity (Wildman–Crippen MR) is 254 cm³/mol. The number of carbonyl (C=O) groups is 3. The molecule has 0 aliphatic rings. The number of nitrogens with zero attached hydrogens (tertiary/aromatic N) is 1. The Balaban J connectivity index is 4.21. The first kappa shape index (κ1) is 58.3. The minimum absolute atomic E-state index is 0.0320. The fourth-order valence-electron chi connectivity index (χ4n) is 7.44. The molecule has 0 aromatic carbocycles. The molecule has 0 spiro atoms. The van der Waals surface area contributed by atoms with E-state index in [1.807, 2.05) is 24.3 Å². The molecule has 0 heterocycles. The molecule has 0 fully saturated rings. The molecule has 0 aromatic rings. The second-order valence-electron chi connectivity index (χ2n) is 18.1. The van der Waals surface area contributed by atoms with Crippen LogP contribution in [-0.2, 0) is 28.6 Å². The molecule has 0 aliphatic heterocycles. The molecule has 0 radical (unpaired) electrons. The Morgan fingerprint density at radius 3 is 1.36 bits per heavy atom. The molecule has 61 heavy (non-hydrogen) atoms. The molecule has 0 aliphatic carbocycles. The second-order valence-corrected chi connectivity index (χ2v) is 18.1. The number of rotatable bonds is 45. The molecule has 0 saturated heterocycles. The summed E-state index contributed by atoms with van der Waals surface area (Å²) in [5, 5.41) is 11.6. The highest BCUT2D eigenvalue weighted by Crippen LogP contribution is 2.16. The molecule has 0 rings (SSSR count). The number of carboxylic acids is 1. The molecule has 0 bridgehead atoms. The highest BCUT2D eigenvalue weighted by atomic mass is 16.6. The Bertz CT molecular complexity index is 1140. The van der Waals surface area contributed by atoms with Crippen LogP contribution in [0, 0.1) is 0 Å². The summed E-state index contributed by atoms with van der Waals surface area (Å²) in [5.74, 6) is -1.76. The molecule has 0 N–H and O–H groups in total. The summed E-state index contributed by atoms with van der Waals surface area (Å²) >= 11 is 0. The number of likely N-dealkylation sites (N-methyl/N-ethyl adjacent to an activating group) is 1. The topological polar surface area (TPSA) is 102 Å². The van der Waals surface area contributed by atoms with Gasteiger partial charge in [0.25, 0.3) is 0 Å². The van der Waals surface area contributed by atoms with Crippen LogP contribution < -0.4 is 5.11 Å². The molecule has 0 aromatic heterocycles. The lowest BCUT2D eigenvalue weighted by Gasteiger charge is -2.34. The Kier molecular flexibility index (Phi) is 42.0. The van der Waals surface area contributed by atoms with Crippen LogP contribution in [0.2, 0.25) is 0 Å². The first-order valence-corrected chi connectivity index (χ1v) is 25.2. The third kappa shape index (κ3) is 42.4. The normalized spacial score (nSPS) is 13.3. The lowest BCUT2D eigenvalue weighted by Crippen LogP contribution is -2.55. The molecular formula is C53H95NO7. The van der Waals surface area contributed by atoms with Crippen molar-refractivity contribution < 1.29 is 38.2 Å². The van der Waals surface area contributed by atoms with Crippen LogP contribution >= 0.6 is 0 Å². The van der Waals surface area contributed by atoms with E-state index in [1.165, 1.54) is 122 Å². The summed E-state index contributed by atoms with van der Waals surface area (Å²) in [4.78, 5) is 37.0. The van der Waals surface area contributed by atoms with Gasteiger partial charge in [-0.3, -0.25) is 9.59 Å². The third-order valence-electron chi connectivity index (χ3n) is 11.3. The smallest absolute Gasteiger partial charge is 0.306 e. The highest BCUT2D eigenvalue weighted by Gasteiger charge is 2.25. The summed E-state index contributed by atoms with van der Waals surface area (Å²) in [6.07, 6.45) is 52.9. The van der Waals surface area contributed by atoms with Gasteiger partial charge in [-0.15, -0.1) is 0 Å². The van der Waals surface area contributed by atoms with E-state index in [1.54, 1.807) is 21.1 Å². The zero-order chi connectivity index (χ0) is 44.9. The lowest BCUT2D eigenvalue weighted by atomic mass is 10.0. The number of carboxylic acid groups (broad SMARTS) is 1. The van der Waals surface area contributed by atoms with Crippen molar-refractivity contribution in [3.8, 4) is 0 Å². The number of hydrogen-bond donors (Lipinski definition) is 0. The quantitative estimate of drug-likeness (QED) is 0.0260. The number of aliphatic carboxylic acids is 1. The van der Waals surface area contributed by atoms with Gasteiger partial charge >= 0.3 is 11.9 Å². The number of unbranched alkanes of at least 4 members (excludes halogenated alkanes) is 26. The van der Waals surface area contributed by atoms with E-state index in [9.17, 15) is 19.5 Å². The summed E-state index contributed by atoms with van der Waals surface area (Å²) in [6, 6.07) is -0.731. The van der Waals surface area contributed by atoms with Gasteiger partial charge in [0, 0.05) is 19.3 Å². The number of hydrogen-bond acceptors (Lipinski definition) is 7. The fourth-order valence-corrected chi connectivity index (χ4v) is 7.44. The van der Waals surface area contributed by atoms with Gasteiger partial charge in [-0.2, -0.15) is 0 Å². The SMILES string of the molecule is CC/C=C/C=C/C=C/C=C/CCCCCCCC(=O)OC(COCCC(C(=O)[O-])[N+](C)(C)C)COC(=O)CCCCCCCCCCCCCCCCCCCCCCCC. The van der Waals surface area contributed by atoms with Gasteiger partial charge in [0.05, 0.1) is 40.3 Å². The first-order valence-electron chi connectivity index (χ1n) is 25.2. The molecule has 0 amide bonds. The minimum Gasteiger partial charge on any atom is -0.544 e. The maximum absolute atomic E-state index is 12.7. The Morgan fingerprint density at radius 1 is 0.508 bits per heavy atom. The van der Waals surface area contributed by atoms with Crippen molar-refractivity contribution in [2.45, 2.75) is 231 Å². The van der Waals surface area contributed by atoms with Gasteiger partial charge in [-0.25, -0.2) is 0 Å². The zero-order valence-electron chi connectivity index (χ0n) is 40.3. The fraction of sp³-hybridized carbons (Fsp3) is 0.792. The largest absolute Gasteiger partial charge is 0.544 e. The van der Waals surface area contributed by atoms with E-state index in [0.717, 1.165) is 64.2 Å². The average molecular weight is 858 g/mol. The first-order chi connectivity index (χ1) is 29.6.